The van der Waals surface area contributed by atoms with E-state index in [0.717, 1.165) is 25.2 Å². The summed E-state index contributed by atoms with van der Waals surface area (Å²) in [6.07, 6.45) is 5.51. The van der Waals surface area contributed by atoms with E-state index >= 15 is 0 Å². The molecule has 2 aromatic rings. The van der Waals surface area contributed by atoms with Crippen LogP contribution in [0, 0.1) is 0 Å². The van der Waals surface area contributed by atoms with Gasteiger partial charge in [0, 0.05) is 36.8 Å². The number of sulfone groups is 1. The summed E-state index contributed by atoms with van der Waals surface area (Å²) in [7, 11) is -3.11. The molecule has 1 aromatic carbocycles. The summed E-state index contributed by atoms with van der Waals surface area (Å²) in [6, 6.07) is 7.24. The third-order valence-electron chi connectivity index (χ3n) is 4.06. The molecule has 0 amide bonds. The van der Waals surface area contributed by atoms with Crippen LogP contribution in [-0.4, -0.2) is 37.6 Å². The maximum Gasteiger partial charge on any atom is 0.175 e. The van der Waals surface area contributed by atoms with Crippen LogP contribution in [0.2, 0.25) is 0 Å². The van der Waals surface area contributed by atoms with E-state index in [1.807, 2.05) is 23.7 Å². The van der Waals surface area contributed by atoms with Crippen molar-refractivity contribution in [2.24, 2.45) is 0 Å². The fourth-order valence-electron chi connectivity index (χ4n) is 2.94. The van der Waals surface area contributed by atoms with Gasteiger partial charge in [-0.25, -0.2) is 13.4 Å². The van der Waals surface area contributed by atoms with Gasteiger partial charge >= 0.3 is 0 Å². The highest BCUT2D eigenvalue weighted by Crippen LogP contribution is 2.29. The third kappa shape index (κ3) is 3.74. The van der Waals surface area contributed by atoms with Gasteiger partial charge in [-0.15, -0.1) is 11.3 Å². The van der Waals surface area contributed by atoms with Crippen LogP contribution < -0.4 is 0 Å². The number of likely N-dealkylation sites (tertiary alicyclic amines) is 1. The zero-order chi connectivity index (χ0) is 15.6. The normalized spacial score (nSPS) is 20.1. The molecule has 2 heterocycles. The minimum absolute atomic E-state index is 0.385. The Morgan fingerprint density at radius 1 is 1.32 bits per heavy atom. The molecule has 1 atom stereocenters. The predicted molar refractivity (Wildman–Crippen MR) is 88.9 cm³/mol. The molecule has 4 nitrogen and oxygen atoms in total. The number of piperidine rings is 1. The highest BCUT2D eigenvalue weighted by molar-refractivity contribution is 7.90. The Bertz CT molecular complexity index is 709. The molecule has 22 heavy (non-hydrogen) atoms. The van der Waals surface area contributed by atoms with Gasteiger partial charge in [0.2, 0.25) is 0 Å². The van der Waals surface area contributed by atoms with Gasteiger partial charge in [-0.3, -0.25) is 4.90 Å². The Labute approximate surface area is 135 Å². The monoisotopic (exact) mass is 336 g/mol. The summed E-state index contributed by atoms with van der Waals surface area (Å²) in [5, 5.41) is 3.27. The van der Waals surface area contributed by atoms with Crippen LogP contribution in [-0.2, 0) is 16.4 Å². The molecule has 1 aliphatic heterocycles. The van der Waals surface area contributed by atoms with Crippen molar-refractivity contribution in [3.8, 4) is 0 Å². The first kappa shape index (κ1) is 15.6. The van der Waals surface area contributed by atoms with Gasteiger partial charge in [0.25, 0.3) is 0 Å². The standard InChI is InChI=1S/C16H20N2O2S2/c1-22(19,20)15-6-4-13(5-7-15)11-18-9-2-3-14(12-18)16-17-8-10-21-16/h4-8,10,14H,2-3,9,11-12H2,1H3. The van der Waals surface area contributed by atoms with Crippen molar-refractivity contribution < 1.29 is 8.42 Å². The van der Waals surface area contributed by atoms with Crippen molar-refractivity contribution in [1.29, 1.82) is 0 Å². The second-order valence-electron chi connectivity index (χ2n) is 5.86. The van der Waals surface area contributed by atoms with Crippen LogP contribution in [0.4, 0.5) is 0 Å². The number of hydrogen-bond donors (Lipinski definition) is 0. The van der Waals surface area contributed by atoms with Crippen molar-refractivity contribution in [3.63, 3.8) is 0 Å². The molecule has 118 valence electrons. The lowest BCUT2D eigenvalue weighted by atomic mass is 9.98. The molecule has 1 saturated heterocycles. The van der Waals surface area contributed by atoms with Gasteiger partial charge < -0.3 is 0 Å². The summed E-state index contributed by atoms with van der Waals surface area (Å²) >= 11 is 1.74. The van der Waals surface area contributed by atoms with E-state index in [1.165, 1.54) is 24.1 Å². The van der Waals surface area contributed by atoms with Gasteiger partial charge in [-0.1, -0.05) is 12.1 Å². The number of nitrogens with zero attached hydrogens (tertiary/aromatic N) is 2. The first-order chi connectivity index (χ1) is 10.5. The minimum Gasteiger partial charge on any atom is -0.298 e. The first-order valence-electron chi connectivity index (χ1n) is 7.43. The third-order valence-corrected chi connectivity index (χ3v) is 6.13. The molecule has 1 unspecified atom stereocenters. The molecule has 1 aliphatic rings. The summed E-state index contributed by atoms with van der Waals surface area (Å²) < 4.78 is 23.0. The fourth-order valence-corrected chi connectivity index (χ4v) is 4.34. The molecular formula is C16H20N2O2S2. The molecule has 0 bridgehead atoms. The van der Waals surface area contributed by atoms with Crippen LogP contribution in [0.25, 0.3) is 0 Å². The van der Waals surface area contributed by atoms with Crippen molar-refractivity contribution >= 4 is 21.2 Å². The lowest BCUT2D eigenvalue weighted by molar-refractivity contribution is 0.200. The zero-order valence-electron chi connectivity index (χ0n) is 12.6. The summed E-state index contributed by atoms with van der Waals surface area (Å²) in [5.41, 5.74) is 1.16. The SMILES string of the molecule is CS(=O)(=O)c1ccc(CN2CCCC(c3nccs3)C2)cc1. The summed E-state index contributed by atoms with van der Waals surface area (Å²) in [6.45, 7) is 2.99. The molecule has 0 spiro atoms. The number of rotatable bonds is 4. The highest BCUT2D eigenvalue weighted by atomic mass is 32.2. The number of hydrogen-bond acceptors (Lipinski definition) is 5. The minimum atomic E-state index is -3.11. The van der Waals surface area contributed by atoms with Gasteiger partial charge in [-0.05, 0) is 37.1 Å². The molecule has 3 rings (SSSR count). The van der Waals surface area contributed by atoms with Crippen LogP contribution in [0.5, 0.6) is 0 Å². The summed E-state index contributed by atoms with van der Waals surface area (Å²) in [4.78, 5) is 7.27. The number of aromatic nitrogens is 1. The molecular weight excluding hydrogens is 316 g/mol. The molecule has 1 fully saturated rings. The molecule has 0 radical (unpaired) electrons. The quantitative estimate of drug-likeness (QED) is 0.861. The maximum absolute atomic E-state index is 11.5. The smallest absolute Gasteiger partial charge is 0.175 e. The van der Waals surface area contributed by atoms with E-state index < -0.39 is 9.84 Å². The Hall–Kier alpha value is -1.24. The number of thiazole rings is 1. The molecule has 1 aromatic heterocycles. The van der Waals surface area contributed by atoms with E-state index in [1.54, 1.807) is 23.5 Å². The van der Waals surface area contributed by atoms with E-state index in [4.69, 9.17) is 0 Å². The van der Waals surface area contributed by atoms with Crippen molar-refractivity contribution in [1.82, 2.24) is 9.88 Å². The van der Waals surface area contributed by atoms with E-state index in [9.17, 15) is 8.42 Å². The second-order valence-corrected chi connectivity index (χ2v) is 8.80. The Morgan fingerprint density at radius 2 is 2.09 bits per heavy atom. The maximum atomic E-state index is 11.5. The zero-order valence-corrected chi connectivity index (χ0v) is 14.2. The van der Waals surface area contributed by atoms with Gasteiger partial charge in [-0.2, -0.15) is 0 Å². The predicted octanol–water partition coefficient (Wildman–Crippen LogP) is 2.93. The first-order valence-corrected chi connectivity index (χ1v) is 10.2. The van der Waals surface area contributed by atoms with Crippen LogP contribution in [0.1, 0.15) is 29.3 Å². The van der Waals surface area contributed by atoms with E-state index in [2.05, 4.69) is 9.88 Å². The van der Waals surface area contributed by atoms with Crippen LogP contribution in [0.15, 0.2) is 40.7 Å². The van der Waals surface area contributed by atoms with Crippen molar-refractivity contribution in [2.75, 3.05) is 19.3 Å². The Kier molecular flexibility index (Phi) is 4.61. The average molecular weight is 336 g/mol. The number of benzene rings is 1. The lowest BCUT2D eigenvalue weighted by Gasteiger charge is -2.31. The molecule has 0 saturated carbocycles. The molecule has 0 aliphatic carbocycles. The van der Waals surface area contributed by atoms with Crippen molar-refractivity contribution in [2.45, 2.75) is 30.2 Å². The van der Waals surface area contributed by atoms with Crippen molar-refractivity contribution in [3.05, 3.63) is 46.4 Å². The van der Waals surface area contributed by atoms with E-state index in [-0.39, 0.29) is 0 Å². The van der Waals surface area contributed by atoms with Crippen LogP contribution >= 0.6 is 11.3 Å². The molecule has 6 heteroatoms. The topological polar surface area (TPSA) is 50.3 Å². The highest BCUT2D eigenvalue weighted by Gasteiger charge is 2.23. The van der Waals surface area contributed by atoms with Gasteiger partial charge in [0.15, 0.2) is 9.84 Å². The van der Waals surface area contributed by atoms with E-state index in [0.29, 0.717) is 10.8 Å². The second kappa shape index (κ2) is 6.48. The largest absolute Gasteiger partial charge is 0.298 e. The van der Waals surface area contributed by atoms with Gasteiger partial charge in [0.1, 0.15) is 0 Å². The summed E-state index contributed by atoms with van der Waals surface area (Å²) in [5.74, 6) is 0.532. The lowest BCUT2D eigenvalue weighted by Crippen LogP contribution is -2.33. The average Bonchev–Trinajstić information content (AvgIpc) is 3.01. The Balaban J connectivity index is 1.65. The van der Waals surface area contributed by atoms with Gasteiger partial charge in [0.05, 0.1) is 9.90 Å². The Morgan fingerprint density at radius 3 is 2.73 bits per heavy atom. The fraction of sp³-hybridized carbons (Fsp3) is 0.438. The van der Waals surface area contributed by atoms with Crippen LogP contribution in [0.3, 0.4) is 0 Å². The molecule has 0 N–H and O–H groups in total.